The molecule has 1 aliphatic heterocycles. The van der Waals surface area contributed by atoms with E-state index in [1.807, 2.05) is 0 Å². The van der Waals surface area contributed by atoms with Gasteiger partial charge in [-0.25, -0.2) is 0 Å². The molecule has 0 bridgehead atoms. The van der Waals surface area contributed by atoms with Crippen LogP contribution in [0.2, 0.25) is 0 Å². The molecule has 0 aromatic carbocycles. The molecule has 4 atom stereocenters. The van der Waals surface area contributed by atoms with Crippen LogP contribution in [-0.4, -0.2) is 37.1 Å². The van der Waals surface area contributed by atoms with Crippen molar-refractivity contribution >= 4 is 0 Å². The fourth-order valence-electron chi connectivity index (χ4n) is 4.37. The van der Waals surface area contributed by atoms with Crippen LogP contribution in [0.4, 0.5) is 0 Å². The highest BCUT2D eigenvalue weighted by Crippen LogP contribution is 2.40. The third-order valence-corrected chi connectivity index (χ3v) is 5.69. The van der Waals surface area contributed by atoms with E-state index in [1.54, 1.807) is 0 Å². The van der Waals surface area contributed by atoms with Crippen molar-refractivity contribution < 1.29 is 0 Å². The van der Waals surface area contributed by atoms with Gasteiger partial charge in [0.1, 0.15) is 0 Å². The standard InChI is InChI=1S/C17H34N2/c1-6-18-16-15(8-7-9-17(16,4)5)12-19-10-13(2)14(3)11-19/h13-16,18H,6-12H2,1-5H3. The second-order valence-corrected chi connectivity index (χ2v) is 7.85. The molecule has 0 radical (unpaired) electrons. The van der Waals surface area contributed by atoms with Crippen LogP contribution < -0.4 is 5.32 Å². The Morgan fingerprint density at radius 3 is 2.37 bits per heavy atom. The van der Waals surface area contributed by atoms with Gasteiger partial charge in [0.25, 0.3) is 0 Å². The summed E-state index contributed by atoms with van der Waals surface area (Å²) < 4.78 is 0. The van der Waals surface area contributed by atoms with Crippen LogP contribution in [0.5, 0.6) is 0 Å². The van der Waals surface area contributed by atoms with Crippen molar-refractivity contribution in [2.24, 2.45) is 23.2 Å². The lowest BCUT2D eigenvalue weighted by atomic mass is 9.67. The molecule has 2 fully saturated rings. The molecule has 0 amide bonds. The van der Waals surface area contributed by atoms with Crippen LogP contribution in [0.15, 0.2) is 0 Å². The molecule has 2 nitrogen and oxygen atoms in total. The molecule has 19 heavy (non-hydrogen) atoms. The van der Waals surface area contributed by atoms with Gasteiger partial charge in [0.05, 0.1) is 0 Å². The van der Waals surface area contributed by atoms with E-state index in [0.717, 1.165) is 24.3 Å². The Hall–Kier alpha value is -0.0800. The van der Waals surface area contributed by atoms with Crippen molar-refractivity contribution in [3.05, 3.63) is 0 Å². The lowest BCUT2D eigenvalue weighted by Crippen LogP contribution is -2.52. The van der Waals surface area contributed by atoms with Gasteiger partial charge < -0.3 is 10.2 Å². The van der Waals surface area contributed by atoms with E-state index in [-0.39, 0.29) is 0 Å². The molecule has 1 saturated carbocycles. The summed E-state index contributed by atoms with van der Waals surface area (Å²) in [5.74, 6) is 2.62. The Labute approximate surface area is 120 Å². The van der Waals surface area contributed by atoms with E-state index in [2.05, 4.69) is 44.8 Å². The summed E-state index contributed by atoms with van der Waals surface area (Å²) in [4.78, 5) is 2.73. The summed E-state index contributed by atoms with van der Waals surface area (Å²) in [6.07, 6.45) is 4.22. The first kappa shape index (κ1) is 15.3. The van der Waals surface area contributed by atoms with Crippen molar-refractivity contribution in [1.82, 2.24) is 10.2 Å². The van der Waals surface area contributed by atoms with Gasteiger partial charge in [-0.3, -0.25) is 0 Å². The van der Waals surface area contributed by atoms with E-state index < -0.39 is 0 Å². The van der Waals surface area contributed by atoms with Gasteiger partial charge in [0.2, 0.25) is 0 Å². The summed E-state index contributed by atoms with van der Waals surface area (Å²) in [6, 6.07) is 0.706. The predicted molar refractivity (Wildman–Crippen MR) is 83.4 cm³/mol. The molecule has 4 unspecified atom stereocenters. The van der Waals surface area contributed by atoms with Crippen molar-refractivity contribution in [2.45, 2.75) is 59.9 Å². The molecule has 1 aliphatic carbocycles. The van der Waals surface area contributed by atoms with Crippen molar-refractivity contribution in [3.8, 4) is 0 Å². The monoisotopic (exact) mass is 266 g/mol. The minimum Gasteiger partial charge on any atom is -0.313 e. The normalized spacial score (nSPS) is 39.6. The smallest absolute Gasteiger partial charge is 0.0159 e. The fourth-order valence-corrected chi connectivity index (χ4v) is 4.37. The highest BCUT2D eigenvalue weighted by atomic mass is 15.2. The molecule has 0 aromatic heterocycles. The van der Waals surface area contributed by atoms with Gasteiger partial charge in [-0.05, 0) is 42.6 Å². The molecule has 0 spiro atoms. The van der Waals surface area contributed by atoms with E-state index in [9.17, 15) is 0 Å². The van der Waals surface area contributed by atoms with Crippen molar-refractivity contribution in [3.63, 3.8) is 0 Å². The lowest BCUT2D eigenvalue weighted by molar-refractivity contribution is 0.0847. The van der Waals surface area contributed by atoms with Crippen molar-refractivity contribution in [2.75, 3.05) is 26.2 Å². The van der Waals surface area contributed by atoms with Crippen molar-refractivity contribution in [1.29, 1.82) is 0 Å². The quantitative estimate of drug-likeness (QED) is 0.839. The zero-order valence-electron chi connectivity index (χ0n) is 13.7. The molecule has 112 valence electrons. The van der Waals surface area contributed by atoms with Crippen LogP contribution in [-0.2, 0) is 0 Å². The maximum absolute atomic E-state index is 3.79. The number of nitrogens with one attached hydrogen (secondary N) is 1. The lowest BCUT2D eigenvalue weighted by Gasteiger charge is -2.45. The Balaban J connectivity index is 1.97. The summed E-state index contributed by atoms with van der Waals surface area (Å²) in [5.41, 5.74) is 0.468. The van der Waals surface area contributed by atoms with Gasteiger partial charge >= 0.3 is 0 Å². The van der Waals surface area contributed by atoms with Crippen LogP contribution >= 0.6 is 0 Å². The maximum Gasteiger partial charge on any atom is 0.0159 e. The SMILES string of the molecule is CCNC1C(CN2CC(C)C(C)C2)CCCC1(C)C. The zero-order chi connectivity index (χ0) is 14.0. The van der Waals surface area contributed by atoms with Gasteiger partial charge in [0, 0.05) is 25.7 Å². The molecular formula is C17H34N2. The Morgan fingerprint density at radius 2 is 1.79 bits per heavy atom. The molecule has 2 heteroatoms. The third-order valence-electron chi connectivity index (χ3n) is 5.69. The van der Waals surface area contributed by atoms with E-state index >= 15 is 0 Å². The average Bonchev–Trinajstić information content (AvgIpc) is 2.62. The Bertz CT molecular complexity index is 277. The summed E-state index contributed by atoms with van der Waals surface area (Å²) in [6.45, 7) is 17.1. The van der Waals surface area contributed by atoms with Gasteiger partial charge in [-0.1, -0.05) is 41.0 Å². The largest absolute Gasteiger partial charge is 0.313 e. The number of hydrogen-bond donors (Lipinski definition) is 1. The molecule has 1 heterocycles. The first-order chi connectivity index (χ1) is 8.94. The number of nitrogens with zero attached hydrogens (tertiary/aromatic N) is 1. The van der Waals surface area contributed by atoms with Gasteiger partial charge in [-0.15, -0.1) is 0 Å². The molecular weight excluding hydrogens is 232 g/mol. The predicted octanol–water partition coefficient (Wildman–Crippen LogP) is 3.38. The first-order valence-corrected chi connectivity index (χ1v) is 8.39. The molecule has 2 aliphatic rings. The zero-order valence-corrected chi connectivity index (χ0v) is 13.7. The Morgan fingerprint density at radius 1 is 1.16 bits per heavy atom. The molecule has 0 aromatic rings. The second-order valence-electron chi connectivity index (χ2n) is 7.85. The third kappa shape index (κ3) is 3.52. The summed E-state index contributed by atoms with van der Waals surface area (Å²) >= 11 is 0. The van der Waals surface area contributed by atoms with E-state index in [0.29, 0.717) is 11.5 Å². The van der Waals surface area contributed by atoms with Crippen LogP contribution in [0, 0.1) is 23.2 Å². The van der Waals surface area contributed by atoms with Crippen LogP contribution in [0.1, 0.15) is 53.9 Å². The van der Waals surface area contributed by atoms with Gasteiger partial charge in [-0.2, -0.15) is 0 Å². The second kappa shape index (κ2) is 6.13. The molecule has 1 N–H and O–H groups in total. The first-order valence-electron chi connectivity index (χ1n) is 8.39. The minimum absolute atomic E-state index is 0.468. The average molecular weight is 266 g/mol. The highest BCUT2D eigenvalue weighted by molar-refractivity contribution is 4.95. The van der Waals surface area contributed by atoms with Gasteiger partial charge in [0.15, 0.2) is 0 Å². The summed E-state index contributed by atoms with van der Waals surface area (Å²) in [7, 11) is 0. The van der Waals surface area contributed by atoms with Crippen LogP contribution in [0.3, 0.4) is 0 Å². The summed E-state index contributed by atoms with van der Waals surface area (Å²) in [5, 5.41) is 3.79. The number of likely N-dealkylation sites (tertiary alicyclic amines) is 1. The van der Waals surface area contributed by atoms with E-state index in [4.69, 9.17) is 0 Å². The maximum atomic E-state index is 3.79. The van der Waals surface area contributed by atoms with Crippen LogP contribution in [0.25, 0.3) is 0 Å². The highest BCUT2D eigenvalue weighted by Gasteiger charge is 2.39. The molecule has 1 saturated heterocycles. The Kier molecular flexibility index (Phi) is 4.94. The number of rotatable bonds is 4. The van der Waals surface area contributed by atoms with E-state index in [1.165, 1.54) is 38.9 Å². The number of hydrogen-bond acceptors (Lipinski definition) is 2. The fraction of sp³-hybridized carbons (Fsp3) is 1.00. The molecule has 2 rings (SSSR count). The topological polar surface area (TPSA) is 15.3 Å². The minimum atomic E-state index is 0.468.